The maximum absolute atomic E-state index is 12.0. The molecule has 0 unspecified atom stereocenters. The van der Waals surface area contributed by atoms with Gasteiger partial charge in [-0.25, -0.2) is 0 Å². The largest absolute Gasteiger partial charge is 0.456 e. The van der Waals surface area contributed by atoms with Crippen LogP contribution in [0.25, 0.3) is 0 Å². The molecule has 0 spiro atoms. The van der Waals surface area contributed by atoms with Gasteiger partial charge in [0.05, 0.1) is 17.4 Å². The van der Waals surface area contributed by atoms with Gasteiger partial charge >= 0.3 is 5.97 Å². The van der Waals surface area contributed by atoms with Gasteiger partial charge in [-0.05, 0) is 18.1 Å². The first kappa shape index (κ1) is 17.3. The Balaban J connectivity index is 1.79. The number of hydrogen-bond donors (Lipinski definition) is 2. The monoisotopic (exact) mass is 336 g/mol. The molecule has 1 aliphatic heterocycles. The summed E-state index contributed by atoms with van der Waals surface area (Å²) in [5.41, 5.74) is 0.750. The Kier molecular flexibility index (Phi) is 6.04. The van der Waals surface area contributed by atoms with Crippen molar-refractivity contribution in [2.24, 2.45) is 5.92 Å². The lowest BCUT2D eigenvalue weighted by atomic mass is 10.2. The Labute approximate surface area is 139 Å². The maximum atomic E-state index is 12.0. The molecular formula is C16H20N2O4S. The minimum atomic E-state index is -0.559. The van der Waals surface area contributed by atoms with E-state index in [4.69, 9.17) is 4.74 Å². The molecule has 2 amide bonds. The third-order valence-electron chi connectivity index (χ3n) is 3.13. The predicted molar refractivity (Wildman–Crippen MR) is 88.1 cm³/mol. The molecule has 0 saturated carbocycles. The zero-order valence-electron chi connectivity index (χ0n) is 13.1. The minimum absolute atomic E-state index is 0.0672. The summed E-state index contributed by atoms with van der Waals surface area (Å²) in [5, 5.41) is 4.88. The number of esters is 1. The highest BCUT2D eigenvalue weighted by Gasteiger charge is 2.29. The highest BCUT2D eigenvalue weighted by atomic mass is 32.2. The molecule has 0 bridgehead atoms. The number of thioether (sulfide) groups is 1. The molecule has 2 rings (SSSR count). The van der Waals surface area contributed by atoms with Crippen molar-refractivity contribution in [1.29, 1.82) is 0 Å². The van der Waals surface area contributed by atoms with E-state index < -0.39 is 11.2 Å². The first-order chi connectivity index (χ1) is 11.0. The van der Waals surface area contributed by atoms with Crippen molar-refractivity contribution < 1.29 is 19.1 Å². The smallest absolute Gasteiger partial charge is 0.307 e. The number of rotatable bonds is 6. The van der Waals surface area contributed by atoms with Crippen molar-refractivity contribution >= 4 is 35.2 Å². The quantitative estimate of drug-likeness (QED) is 0.774. The average molecular weight is 336 g/mol. The van der Waals surface area contributed by atoms with E-state index in [9.17, 15) is 14.4 Å². The summed E-state index contributed by atoms with van der Waals surface area (Å²) in [4.78, 5) is 36.2. The first-order valence-corrected chi connectivity index (χ1v) is 8.32. The number of ether oxygens (including phenoxy) is 1. The Morgan fingerprint density at radius 2 is 2.09 bits per heavy atom. The minimum Gasteiger partial charge on any atom is -0.456 e. The third-order valence-corrected chi connectivity index (χ3v) is 4.41. The lowest BCUT2D eigenvalue weighted by Gasteiger charge is -2.23. The molecular weight excluding hydrogens is 316 g/mol. The number of carbonyl (C=O) groups is 3. The van der Waals surface area contributed by atoms with Crippen LogP contribution in [0, 0.1) is 5.92 Å². The van der Waals surface area contributed by atoms with Crippen LogP contribution in [0.4, 0.5) is 5.69 Å². The van der Waals surface area contributed by atoms with Crippen molar-refractivity contribution in [3.63, 3.8) is 0 Å². The van der Waals surface area contributed by atoms with Gasteiger partial charge in [-0.3, -0.25) is 14.4 Å². The fourth-order valence-electron chi connectivity index (χ4n) is 1.95. The summed E-state index contributed by atoms with van der Waals surface area (Å²) in [7, 11) is 0. The van der Waals surface area contributed by atoms with E-state index in [-0.39, 0.29) is 24.8 Å². The van der Waals surface area contributed by atoms with Crippen LogP contribution >= 0.6 is 11.8 Å². The van der Waals surface area contributed by atoms with Crippen LogP contribution in [-0.4, -0.2) is 36.2 Å². The molecule has 1 atom stereocenters. The van der Waals surface area contributed by atoms with Crippen molar-refractivity contribution in [3.05, 3.63) is 24.3 Å². The van der Waals surface area contributed by atoms with Crippen molar-refractivity contribution in [1.82, 2.24) is 5.32 Å². The van der Waals surface area contributed by atoms with E-state index in [0.717, 1.165) is 10.6 Å². The Hall–Kier alpha value is -2.02. The number of carbonyl (C=O) groups excluding carboxylic acids is 3. The highest BCUT2D eigenvalue weighted by molar-refractivity contribution is 8.01. The second-order valence-electron chi connectivity index (χ2n) is 5.65. The molecule has 0 radical (unpaired) electrons. The van der Waals surface area contributed by atoms with Gasteiger partial charge in [0.2, 0.25) is 5.91 Å². The fraction of sp³-hybridized carbons (Fsp3) is 0.438. The van der Waals surface area contributed by atoms with E-state index in [0.29, 0.717) is 12.5 Å². The van der Waals surface area contributed by atoms with Gasteiger partial charge in [0.15, 0.2) is 6.61 Å². The third kappa shape index (κ3) is 5.28. The normalized spacial score (nSPS) is 16.5. The standard InChI is InChI=1S/C16H20N2O4S/c1-10(2)8-17-14(19)9-22-15(20)7-13-16(21)18-11-5-3-4-6-12(11)23-13/h3-6,10,13H,7-9H2,1-2H3,(H,17,19)(H,18,21)/t13-/m1/s1. The van der Waals surface area contributed by atoms with Gasteiger partial charge in [0.1, 0.15) is 0 Å². The Bertz CT molecular complexity index is 603. The zero-order chi connectivity index (χ0) is 16.8. The molecule has 0 fully saturated rings. The van der Waals surface area contributed by atoms with Crippen LogP contribution in [0.5, 0.6) is 0 Å². The van der Waals surface area contributed by atoms with Gasteiger partial charge in [-0.1, -0.05) is 26.0 Å². The van der Waals surface area contributed by atoms with E-state index in [2.05, 4.69) is 10.6 Å². The molecule has 7 heteroatoms. The number of para-hydroxylation sites is 1. The molecule has 0 aliphatic carbocycles. The van der Waals surface area contributed by atoms with Crippen LogP contribution in [-0.2, 0) is 19.1 Å². The number of nitrogens with one attached hydrogen (secondary N) is 2. The van der Waals surface area contributed by atoms with Gasteiger partial charge in [-0.2, -0.15) is 0 Å². The second kappa shape index (κ2) is 8.01. The molecule has 1 aromatic carbocycles. The summed E-state index contributed by atoms with van der Waals surface area (Å²) in [5.74, 6) is -0.790. The molecule has 23 heavy (non-hydrogen) atoms. The molecule has 0 saturated heterocycles. The van der Waals surface area contributed by atoms with Crippen molar-refractivity contribution in [3.8, 4) is 0 Å². The lowest BCUT2D eigenvalue weighted by Crippen LogP contribution is -2.34. The van der Waals surface area contributed by atoms with Crippen molar-refractivity contribution in [2.75, 3.05) is 18.5 Å². The van der Waals surface area contributed by atoms with Crippen molar-refractivity contribution in [2.45, 2.75) is 30.4 Å². The second-order valence-corrected chi connectivity index (χ2v) is 6.90. The summed E-state index contributed by atoms with van der Waals surface area (Å²) < 4.78 is 4.93. The van der Waals surface area contributed by atoms with Gasteiger partial charge < -0.3 is 15.4 Å². The van der Waals surface area contributed by atoms with Gasteiger partial charge in [-0.15, -0.1) is 11.8 Å². The maximum Gasteiger partial charge on any atom is 0.307 e. The van der Waals surface area contributed by atoms with E-state index in [1.54, 1.807) is 0 Å². The van der Waals surface area contributed by atoms with Crippen LogP contribution in [0.15, 0.2) is 29.2 Å². The number of benzene rings is 1. The number of hydrogen-bond acceptors (Lipinski definition) is 5. The van der Waals surface area contributed by atoms with Crippen LogP contribution in [0.2, 0.25) is 0 Å². The van der Waals surface area contributed by atoms with Crippen LogP contribution < -0.4 is 10.6 Å². The Morgan fingerprint density at radius 3 is 2.83 bits per heavy atom. The van der Waals surface area contributed by atoms with E-state index in [1.807, 2.05) is 38.1 Å². The Morgan fingerprint density at radius 1 is 1.35 bits per heavy atom. The average Bonchev–Trinajstić information content (AvgIpc) is 2.51. The molecule has 6 nitrogen and oxygen atoms in total. The molecule has 0 aromatic heterocycles. The fourth-order valence-corrected chi connectivity index (χ4v) is 3.05. The van der Waals surface area contributed by atoms with Crippen LogP contribution in [0.1, 0.15) is 20.3 Å². The van der Waals surface area contributed by atoms with E-state index >= 15 is 0 Å². The SMILES string of the molecule is CC(C)CNC(=O)COC(=O)C[C@H]1Sc2ccccc2NC1=O. The van der Waals surface area contributed by atoms with Crippen LogP contribution in [0.3, 0.4) is 0 Å². The predicted octanol–water partition coefficient (Wildman–Crippen LogP) is 1.80. The molecule has 1 heterocycles. The molecule has 2 N–H and O–H groups in total. The van der Waals surface area contributed by atoms with Gasteiger partial charge in [0, 0.05) is 11.4 Å². The number of amides is 2. The highest BCUT2D eigenvalue weighted by Crippen LogP contribution is 2.36. The summed E-state index contributed by atoms with van der Waals surface area (Å²) in [6.45, 7) is 4.17. The molecule has 124 valence electrons. The molecule has 1 aliphatic rings. The number of fused-ring (bicyclic) bond motifs is 1. The summed E-state index contributed by atoms with van der Waals surface area (Å²) in [6.07, 6.45) is -0.0672. The van der Waals surface area contributed by atoms with Gasteiger partial charge in [0.25, 0.3) is 5.91 Å². The summed E-state index contributed by atoms with van der Waals surface area (Å²) >= 11 is 1.33. The lowest BCUT2D eigenvalue weighted by molar-refractivity contribution is -0.149. The number of anilines is 1. The first-order valence-electron chi connectivity index (χ1n) is 7.44. The summed E-state index contributed by atoms with van der Waals surface area (Å²) in [6, 6.07) is 7.41. The zero-order valence-corrected chi connectivity index (χ0v) is 13.9. The topological polar surface area (TPSA) is 84.5 Å². The molecule has 1 aromatic rings. The van der Waals surface area contributed by atoms with E-state index in [1.165, 1.54) is 11.8 Å².